The van der Waals surface area contributed by atoms with Crippen molar-refractivity contribution in [3.63, 3.8) is 0 Å². The van der Waals surface area contributed by atoms with E-state index in [4.69, 9.17) is 10.3 Å². The fourth-order valence-electron chi connectivity index (χ4n) is 2.16. The molecule has 0 aliphatic rings. The second-order valence-corrected chi connectivity index (χ2v) is 6.86. The highest BCUT2D eigenvalue weighted by molar-refractivity contribution is 14.1. The van der Waals surface area contributed by atoms with Gasteiger partial charge in [0.25, 0.3) is 0 Å². The fraction of sp³-hybridized carbons (Fsp3) is 0.0625. The first-order valence-electron chi connectivity index (χ1n) is 6.34. The van der Waals surface area contributed by atoms with E-state index in [1.165, 1.54) is 5.56 Å². The molecule has 0 aliphatic heterocycles. The van der Waals surface area contributed by atoms with Crippen LogP contribution < -0.4 is 5.73 Å². The summed E-state index contributed by atoms with van der Waals surface area (Å²) in [4.78, 5) is 0. The lowest BCUT2D eigenvalue weighted by Crippen LogP contribution is -1.89. The first-order chi connectivity index (χ1) is 10.1. The topological polar surface area (TPSA) is 52.0 Å². The van der Waals surface area contributed by atoms with E-state index in [1.54, 1.807) is 0 Å². The van der Waals surface area contributed by atoms with E-state index in [2.05, 4.69) is 68.8 Å². The summed E-state index contributed by atoms with van der Waals surface area (Å²) >= 11 is 5.84. The maximum atomic E-state index is 5.99. The highest BCUT2D eigenvalue weighted by atomic mass is 127. The summed E-state index contributed by atoms with van der Waals surface area (Å²) < 4.78 is 7.32. The molecular weight excluding hydrogens is 443 g/mol. The van der Waals surface area contributed by atoms with Crippen molar-refractivity contribution in [3.8, 4) is 22.4 Å². The predicted octanol–water partition coefficient (Wildman–Crippen LogP) is 5.27. The van der Waals surface area contributed by atoms with Crippen LogP contribution in [0.1, 0.15) is 5.56 Å². The third kappa shape index (κ3) is 2.85. The van der Waals surface area contributed by atoms with Gasteiger partial charge in [-0.25, -0.2) is 0 Å². The molecule has 0 saturated carbocycles. The van der Waals surface area contributed by atoms with Crippen LogP contribution >= 0.6 is 38.5 Å². The normalized spacial score (nSPS) is 10.8. The molecule has 2 N–H and O–H groups in total. The van der Waals surface area contributed by atoms with E-state index < -0.39 is 0 Å². The molecule has 0 saturated heterocycles. The van der Waals surface area contributed by atoms with Crippen molar-refractivity contribution in [2.75, 3.05) is 5.73 Å². The minimum Gasteiger partial charge on any atom is -0.367 e. The van der Waals surface area contributed by atoms with E-state index in [-0.39, 0.29) is 0 Å². The first-order valence-corrected chi connectivity index (χ1v) is 8.21. The van der Waals surface area contributed by atoms with E-state index >= 15 is 0 Å². The molecule has 3 aromatic rings. The van der Waals surface area contributed by atoms with Crippen LogP contribution in [-0.2, 0) is 0 Å². The highest BCUT2D eigenvalue weighted by Gasteiger charge is 2.19. The molecule has 3 nitrogen and oxygen atoms in total. The number of benzene rings is 2. The Morgan fingerprint density at radius 1 is 1.14 bits per heavy atom. The molecular formula is C16H12BrIN2O. The van der Waals surface area contributed by atoms with E-state index in [1.807, 2.05) is 24.3 Å². The fourth-order valence-corrected chi connectivity index (χ4v) is 3.09. The molecule has 5 heteroatoms. The van der Waals surface area contributed by atoms with Crippen LogP contribution in [-0.4, -0.2) is 5.16 Å². The zero-order chi connectivity index (χ0) is 15.0. The lowest BCUT2D eigenvalue weighted by Gasteiger charge is -2.06. The Morgan fingerprint density at radius 2 is 1.86 bits per heavy atom. The molecule has 0 aliphatic carbocycles. The Bertz CT molecular complexity index is 797. The van der Waals surface area contributed by atoms with E-state index in [9.17, 15) is 0 Å². The van der Waals surface area contributed by atoms with Crippen molar-refractivity contribution in [1.29, 1.82) is 0 Å². The molecule has 0 bridgehead atoms. The minimum absolute atomic E-state index is 0.333. The molecule has 0 radical (unpaired) electrons. The molecule has 1 heterocycles. The number of aryl methyl sites for hydroxylation is 1. The number of hydrogen-bond acceptors (Lipinski definition) is 3. The van der Waals surface area contributed by atoms with Crippen molar-refractivity contribution in [3.05, 3.63) is 56.1 Å². The number of rotatable bonds is 2. The monoisotopic (exact) mass is 454 g/mol. The summed E-state index contributed by atoms with van der Waals surface area (Å²) in [6.45, 7) is 2.05. The summed E-state index contributed by atoms with van der Waals surface area (Å²) in [5.74, 6) is 0.333. The van der Waals surface area contributed by atoms with Crippen LogP contribution in [0.25, 0.3) is 22.4 Å². The number of halogens is 2. The molecule has 106 valence electrons. The predicted molar refractivity (Wildman–Crippen MR) is 96.9 cm³/mol. The molecule has 21 heavy (non-hydrogen) atoms. The van der Waals surface area contributed by atoms with Crippen LogP contribution in [0.2, 0.25) is 0 Å². The first kappa shape index (κ1) is 14.6. The van der Waals surface area contributed by atoms with Gasteiger partial charge >= 0.3 is 0 Å². The van der Waals surface area contributed by atoms with Gasteiger partial charge in [-0.2, -0.15) is 0 Å². The molecule has 0 spiro atoms. The zero-order valence-corrected chi connectivity index (χ0v) is 15.0. The maximum Gasteiger partial charge on any atom is 0.230 e. The van der Waals surface area contributed by atoms with Crippen molar-refractivity contribution in [2.24, 2.45) is 0 Å². The largest absolute Gasteiger partial charge is 0.367 e. The number of aromatic nitrogens is 1. The van der Waals surface area contributed by atoms with Gasteiger partial charge in [0.05, 0.1) is 5.56 Å². The third-order valence-corrected chi connectivity index (χ3v) is 4.60. The summed E-state index contributed by atoms with van der Waals surface area (Å²) in [5.41, 5.74) is 10.7. The molecule has 0 atom stereocenters. The van der Waals surface area contributed by atoms with Gasteiger partial charge in [-0.3, -0.25) is 0 Å². The van der Waals surface area contributed by atoms with E-state index in [0.29, 0.717) is 5.88 Å². The summed E-state index contributed by atoms with van der Waals surface area (Å²) in [7, 11) is 0. The molecule has 3 rings (SSSR count). The van der Waals surface area contributed by atoms with Crippen molar-refractivity contribution < 1.29 is 4.52 Å². The number of nitrogens with two attached hydrogens (primary N) is 1. The Kier molecular flexibility index (Phi) is 4.03. The molecule has 2 aromatic carbocycles. The van der Waals surface area contributed by atoms with Crippen molar-refractivity contribution in [1.82, 2.24) is 5.16 Å². The Balaban J connectivity index is 2.21. The van der Waals surface area contributed by atoms with Crippen LogP contribution in [0, 0.1) is 10.5 Å². The lowest BCUT2D eigenvalue weighted by atomic mass is 10.0. The number of nitrogens with zero attached hydrogens (tertiary/aromatic N) is 1. The van der Waals surface area contributed by atoms with Crippen LogP contribution in [0.4, 0.5) is 5.88 Å². The number of hydrogen-bond donors (Lipinski definition) is 1. The maximum absolute atomic E-state index is 5.99. The summed E-state index contributed by atoms with van der Waals surface area (Å²) in [6.07, 6.45) is 0. The highest BCUT2D eigenvalue weighted by Crippen LogP contribution is 2.39. The van der Waals surface area contributed by atoms with Gasteiger partial charge < -0.3 is 10.3 Å². The second kappa shape index (κ2) is 5.81. The van der Waals surface area contributed by atoms with Crippen molar-refractivity contribution in [2.45, 2.75) is 6.92 Å². The number of anilines is 1. The molecule has 0 fully saturated rings. The summed E-state index contributed by atoms with van der Waals surface area (Å²) in [6, 6.07) is 14.3. The van der Waals surface area contributed by atoms with Gasteiger partial charge in [0, 0.05) is 13.6 Å². The van der Waals surface area contributed by atoms with Gasteiger partial charge in [-0.05, 0) is 53.3 Å². The van der Waals surface area contributed by atoms with Gasteiger partial charge in [-0.1, -0.05) is 50.9 Å². The van der Waals surface area contributed by atoms with Gasteiger partial charge in [-0.15, -0.1) is 0 Å². The second-order valence-electron chi connectivity index (χ2n) is 4.76. The molecule has 0 unspecified atom stereocenters. The standard InChI is InChI=1S/C16H12BrIN2O/c1-9-2-4-10(5-3-9)14-15(20-21-16(14)19)12-8-11(18)6-7-13(12)17/h2-8H,19H2,1H3. The van der Waals surface area contributed by atoms with Gasteiger partial charge in [0.1, 0.15) is 5.69 Å². The SMILES string of the molecule is Cc1ccc(-c2c(-c3cc(I)ccc3Br)noc2N)cc1. The average molecular weight is 455 g/mol. The lowest BCUT2D eigenvalue weighted by molar-refractivity contribution is 0.439. The number of nitrogen functional groups attached to an aromatic ring is 1. The van der Waals surface area contributed by atoms with Gasteiger partial charge in [0.2, 0.25) is 5.88 Å². The van der Waals surface area contributed by atoms with Gasteiger partial charge in [0.15, 0.2) is 0 Å². The smallest absolute Gasteiger partial charge is 0.230 e. The Labute approximate surface area is 144 Å². The van der Waals surface area contributed by atoms with Crippen molar-refractivity contribution >= 4 is 44.4 Å². The minimum atomic E-state index is 0.333. The zero-order valence-electron chi connectivity index (χ0n) is 11.2. The average Bonchev–Trinajstić information content (AvgIpc) is 2.84. The Morgan fingerprint density at radius 3 is 2.57 bits per heavy atom. The van der Waals surface area contributed by atoms with Crippen LogP contribution in [0.3, 0.4) is 0 Å². The Hall–Kier alpha value is -1.34. The van der Waals surface area contributed by atoms with Crippen LogP contribution in [0.15, 0.2) is 51.5 Å². The molecule has 0 amide bonds. The quantitative estimate of drug-likeness (QED) is 0.537. The van der Waals surface area contributed by atoms with Crippen LogP contribution in [0.5, 0.6) is 0 Å². The molecule has 1 aromatic heterocycles. The summed E-state index contributed by atoms with van der Waals surface area (Å²) in [5, 5.41) is 4.15. The van der Waals surface area contributed by atoms with E-state index in [0.717, 1.165) is 30.4 Å². The third-order valence-electron chi connectivity index (χ3n) is 3.24.